The van der Waals surface area contributed by atoms with E-state index in [2.05, 4.69) is 15.9 Å². The van der Waals surface area contributed by atoms with Crippen LogP contribution in [0.3, 0.4) is 0 Å². The van der Waals surface area contributed by atoms with Crippen molar-refractivity contribution < 1.29 is 18.3 Å². The first-order chi connectivity index (χ1) is 8.82. The molecule has 1 aromatic rings. The average Bonchev–Trinajstić information content (AvgIpc) is 2.82. The summed E-state index contributed by atoms with van der Waals surface area (Å²) in [4.78, 5) is 11.1. The van der Waals surface area contributed by atoms with Crippen molar-refractivity contribution in [2.75, 3.05) is 13.1 Å². The van der Waals surface area contributed by atoms with Gasteiger partial charge in [-0.05, 0) is 47.0 Å². The van der Waals surface area contributed by atoms with Crippen LogP contribution in [0.25, 0.3) is 0 Å². The summed E-state index contributed by atoms with van der Waals surface area (Å²) in [5.74, 6) is -1.56. The maximum Gasteiger partial charge on any atom is 0.307 e. The van der Waals surface area contributed by atoms with E-state index >= 15 is 0 Å². The summed E-state index contributed by atoms with van der Waals surface area (Å²) in [6, 6.07) is 5.09. The molecule has 1 fully saturated rings. The Kier molecular flexibility index (Phi) is 3.98. The number of carboxylic acids is 1. The van der Waals surface area contributed by atoms with Crippen molar-refractivity contribution in [1.82, 2.24) is 4.31 Å². The van der Waals surface area contributed by atoms with Gasteiger partial charge in [-0.25, -0.2) is 8.42 Å². The normalized spacial score (nSPS) is 20.6. The van der Waals surface area contributed by atoms with Crippen LogP contribution >= 0.6 is 15.9 Å². The Balaban J connectivity index is 2.33. The number of halogens is 1. The lowest BCUT2D eigenvalue weighted by atomic mass is 10.1. The molecular formula is C12H14BrNO4S. The lowest BCUT2D eigenvalue weighted by Crippen LogP contribution is -2.30. The van der Waals surface area contributed by atoms with Crippen molar-refractivity contribution in [3.8, 4) is 0 Å². The molecule has 0 aromatic heterocycles. The van der Waals surface area contributed by atoms with E-state index in [0.29, 0.717) is 10.9 Å². The minimum atomic E-state index is -3.64. The topological polar surface area (TPSA) is 74.7 Å². The lowest BCUT2D eigenvalue weighted by molar-refractivity contribution is -0.141. The first-order valence-corrected chi connectivity index (χ1v) is 8.05. The van der Waals surface area contributed by atoms with Crippen LogP contribution in [0.4, 0.5) is 0 Å². The van der Waals surface area contributed by atoms with Crippen molar-refractivity contribution in [1.29, 1.82) is 0 Å². The molecule has 0 aliphatic carbocycles. The highest BCUT2D eigenvalue weighted by atomic mass is 79.9. The zero-order valence-corrected chi connectivity index (χ0v) is 12.7. The fraction of sp³-hybridized carbons (Fsp3) is 0.417. The van der Waals surface area contributed by atoms with Gasteiger partial charge in [-0.15, -0.1) is 0 Å². The highest BCUT2D eigenvalue weighted by Gasteiger charge is 2.36. The van der Waals surface area contributed by atoms with E-state index in [1.54, 1.807) is 12.1 Å². The third-order valence-corrected chi connectivity index (χ3v) is 6.06. The summed E-state index contributed by atoms with van der Waals surface area (Å²) in [5, 5.41) is 8.94. The van der Waals surface area contributed by atoms with Gasteiger partial charge in [0.2, 0.25) is 10.0 Å². The van der Waals surface area contributed by atoms with Crippen LogP contribution in [-0.4, -0.2) is 36.9 Å². The molecule has 1 N–H and O–H groups in total. The number of carbonyl (C=O) groups is 1. The Morgan fingerprint density at radius 3 is 2.74 bits per heavy atom. The van der Waals surface area contributed by atoms with Crippen LogP contribution in [0.2, 0.25) is 0 Å². The first-order valence-electron chi connectivity index (χ1n) is 5.81. The van der Waals surface area contributed by atoms with E-state index in [1.165, 1.54) is 4.31 Å². The van der Waals surface area contributed by atoms with Crippen molar-refractivity contribution in [3.63, 3.8) is 0 Å². The number of aryl methyl sites for hydroxylation is 1. The third-order valence-electron chi connectivity index (χ3n) is 3.20. The average molecular weight is 348 g/mol. The molecule has 1 atom stereocenters. The van der Waals surface area contributed by atoms with E-state index in [-0.39, 0.29) is 18.0 Å². The lowest BCUT2D eigenvalue weighted by Gasteiger charge is -2.17. The van der Waals surface area contributed by atoms with Crippen molar-refractivity contribution in [2.45, 2.75) is 18.2 Å². The molecule has 1 aromatic carbocycles. The molecule has 104 valence electrons. The molecule has 1 aliphatic rings. The summed E-state index contributed by atoms with van der Waals surface area (Å²) in [7, 11) is -3.64. The van der Waals surface area contributed by atoms with Gasteiger partial charge in [-0.2, -0.15) is 4.31 Å². The minimum Gasteiger partial charge on any atom is -0.481 e. The van der Waals surface area contributed by atoms with Crippen LogP contribution in [0, 0.1) is 12.8 Å². The van der Waals surface area contributed by atoms with Crippen LogP contribution < -0.4 is 0 Å². The van der Waals surface area contributed by atoms with Gasteiger partial charge in [0.05, 0.1) is 10.8 Å². The monoisotopic (exact) mass is 347 g/mol. The molecule has 1 unspecified atom stereocenters. The second kappa shape index (κ2) is 5.22. The maximum absolute atomic E-state index is 12.5. The smallest absolute Gasteiger partial charge is 0.307 e. The number of sulfonamides is 1. The number of aliphatic carboxylic acids is 1. The zero-order valence-electron chi connectivity index (χ0n) is 10.3. The first kappa shape index (κ1) is 14.5. The molecule has 0 bridgehead atoms. The molecule has 7 heteroatoms. The predicted octanol–water partition coefficient (Wildman–Crippen LogP) is 1.85. The van der Waals surface area contributed by atoms with Gasteiger partial charge in [0, 0.05) is 17.6 Å². The molecular weight excluding hydrogens is 334 g/mol. The molecule has 1 saturated heterocycles. The van der Waals surface area contributed by atoms with Gasteiger partial charge >= 0.3 is 5.97 Å². The molecule has 0 amide bonds. The van der Waals surface area contributed by atoms with E-state index in [4.69, 9.17) is 5.11 Å². The fourth-order valence-electron chi connectivity index (χ4n) is 2.10. The van der Waals surface area contributed by atoms with Crippen LogP contribution in [-0.2, 0) is 14.8 Å². The van der Waals surface area contributed by atoms with Gasteiger partial charge in [-0.3, -0.25) is 4.79 Å². The summed E-state index contributed by atoms with van der Waals surface area (Å²) >= 11 is 3.24. The second-order valence-corrected chi connectivity index (χ2v) is 7.38. The standard InChI is InChI=1S/C12H14BrNO4S/c1-8-2-3-10(13)11(6-8)19(17,18)14-5-4-9(7-14)12(15)16/h2-3,6,9H,4-5,7H2,1H3,(H,15,16). The van der Waals surface area contributed by atoms with E-state index < -0.39 is 21.9 Å². The van der Waals surface area contributed by atoms with Crippen LogP contribution in [0.5, 0.6) is 0 Å². The number of hydrogen-bond donors (Lipinski definition) is 1. The Hall–Kier alpha value is -0.920. The predicted molar refractivity (Wildman–Crippen MR) is 73.4 cm³/mol. The molecule has 0 radical (unpaired) electrons. The Bertz CT molecular complexity index is 614. The van der Waals surface area contributed by atoms with E-state index in [0.717, 1.165) is 5.56 Å². The van der Waals surface area contributed by atoms with Gasteiger partial charge < -0.3 is 5.11 Å². The van der Waals surface area contributed by atoms with E-state index in [1.807, 2.05) is 13.0 Å². The quantitative estimate of drug-likeness (QED) is 0.905. The molecule has 0 spiro atoms. The largest absolute Gasteiger partial charge is 0.481 e. The molecule has 2 rings (SSSR count). The highest BCUT2D eigenvalue weighted by Crippen LogP contribution is 2.29. The van der Waals surface area contributed by atoms with Gasteiger partial charge in [0.1, 0.15) is 0 Å². The van der Waals surface area contributed by atoms with Crippen LogP contribution in [0.1, 0.15) is 12.0 Å². The number of rotatable bonds is 3. The van der Waals surface area contributed by atoms with Crippen molar-refractivity contribution in [3.05, 3.63) is 28.2 Å². The van der Waals surface area contributed by atoms with Crippen molar-refractivity contribution in [2.24, 2.45) is 5.92 Å². The minimum absolute atomic E-state index is 0.0397. The number of benzene rings is 1. The third kappa shape index (κ3) is 2.82. The van der Waals surface area contributed by atoms with Crippen molar-refractivity contribution >= 4 is 31.9 Å². The van der Waals surface area contributed by atoms with Crippen LogP contribution in [0.15, 0.2) is 27.6 Å². The molecule has 1 aliphatic heterocycles. The van der Waals surface area contributed by atoms with E-state index in [9.17, 15) is 13.2 Å². The molecule has 0 saturated carbocycles. The molecule has 19 heavy (non-hydrogen) atoms. The zero-order chi connectivity index (χ0) is 14.2. The Morgan fingerprint density at radius 1 is 1.47 bits per heavy atom. The summed E-state index contributed by atoms with van der Waals surface area (Å²) in [6.07, 6.45) is 0.359. The summed E-state index contributed by atoms with van der Waals surface area (Å²) in [6.45, 7) is 2.10. The highest BCUT2D eigenvalue weighted by molar-refractivity contribution is 9.10. The summed E-state index contributed by atoms with van der Waals surface area (Å²) < 4.78 is 26.7. The van der Waals surface area contributed by atoms with Gasteiger partial charge in [0.25, 0.3) is 0 Å². The molecule has 5 nitrogen and oxygen atoms in total. The maximum atomic E-state index is 12.5. The summed E-state index contributed by atoms with van der Waals surface area (Å²) in [5.41, 5.74) is 0.843. The van der Waals surface area contributed by atoms with Gasteiger partial charge in [0.15, 0.2) is 0 Å². The Morgan fingerprint density at radius 2 is 2.16 bits per heavy atom. The number of carboxylic acid groups (broad SMARTS) is 1. The Labute approximate surface area is 120 Å². The SMILES string of the molecule is Cc1ccc(Br)c(S(=O)(=O)N2CCC(C(=O)O)C2)c1. The number of nitrogens with zero attached hydrogens (tertiary/aromatic N) is 1. The fourth-order valence-corrected chi connectivity index (χ4v) is 4.61. The second-order valence-electron chi connectivity index (χ2n) is 4.62. The van der Waals surface area contributed by atoms with Gasteiger partial charge in [-0.1, -0.05) is 6.07 Å². The molecule has 1 heterocycles. The number of hydrogen-bond acceptors (Lipinski definition) is 3.